The van der Waals surface area contributed by atoms with Crippen molar-refractivity contribution in [2.75, 3.05) is 6.61 Å². The molecule has 0 radical (unpaired) electrons. The predicted octanol–water partition coefficient (Wildman–Crippen LogP) is -1.74. The molecule has 22 heteroatoms. The minimum Gasteiger partial charge on any atom is -0.504 e. The number of carbonyl (C=O) groups is 4. The van der Waals surface area contributed by atoms with Crippen LogP contribution in [0.1, 0.15) is 41.4 Å². The molecule has 1 aliphatic rings. The third kappa shape index (κ3) is 5.28. The van der Waals surface area contributed by atoms with Crippen LogP contribution >= 0.6 is 0 Å². The first kappa shape index (κ1) is 40.1. The molecule has 4 aromatic carbocycles. The Labute approximate surface area is 309 Å². The summed E-state index contributed by atoms with van der Waals surface area (Å²) >= 11 is 0. The second-order valence-electron chi connectivity index (χ2n) is 12.4. The molecule has 0 saturated carbocycles. The monoisotopic (exact) mass is 788 g/mol. The highest BCUT2D eigenvalue weighted by Crippen LogP contribution is 2.55. The maximum atomic E-state index is 14.7. The van der Waals surface area contributed by atoms with Gasteiger partial charge < -0.3 is 91.5 Å². The van der Waals surface area contributed by atoms with Crippen molar-refractivity contribution in [3.05, 3.63) is 70.8 Å². The molecule has 1 saturated heterocycles. The fourth-order valence-corrected chi connectivity index (χ4v) is 6.26. The number of benzene rings is 4. The molecule has 22 nitrogen and oxygen atoms in total. The van der Waals surface area contributed by atoms with Crippen LogP contribution < -0.4 is 0 Å². The minimum absolute atomic E-state index is 0.163. The fraction of sp³-hybridized carbons (Fsp3) is 0.176. The quantitative estimate of drug-likeness (QED) is 0.0661. The molecule has 0 aliphatic carbocycles. The van der Waals surface area contributed by atoms with Crippen molar-refractivity contribution in [1.29, 1.82) is 0 Å². The van der Waals surface area contributed by atoms with Gasteiger partial charge in [0.2, 0.25) is 34.3 Å². The number of hydrogen-bond acceptors (Lipinski definition) is 22. The molecule has 5 atom stereocenters. The van der Waals surface area contributed by atoms with Gasteiger partial charge in [0, 0.05) is 22.3 Å². The first-order valence-corrected chi connectivity index (χ1v) is 15.2. The number of carbonyl (C=O) groups excluding carboxylic acids is 4. The Morgan fingerprint density at radius 2 is 0.679 bits per heavy atom. The smallest absolute Gasteiger partial charge is 0.273 e. The van der Waals surface area contributed by atoms with Crippen molar-refractivity contribution in [3.8, 4) is 69.0 Å². The summed E-state index contributed by atoms with van der Waals surface area (Å²) in [7, 11) is 0. The van der Waals surface area contributed by atoms with E-state index >= 15 is 0 Å². The highest BCUT2D eigenvalue weighted by Gasteiger charge is 2.86. The number of aliphatic hydroxyl groups excluding tert-OH is 1. The number of ketones is 4. The van der Waals surface area contributed by atoms with Gasteiger partial charge in [-0.2, -0.15) is 0 Å². The molecule has 5 unspecified atom stereocenters. The van der Waals surface area contributed by atoms with E-state index in [0.717, 1.165) is 0 Å². The lowest BCUT2D eigenvalue weighted by molar-refractivity contribution is -0.377. The maximum absolute atomic E-state index is 14.7. The van der Waals surface area contributed by atoms with E-state index in [2.05, 4.69) is 0 Å². The summed E-state index contributed by atoms with van der Waals surface area (Å²) in [5.41, 5.74) is -20.1. The number of ether oxygens (including phenoxy) is 1. The third-order valence-corrected chi connectivity index (χ3v) is 9.15. The van der Waals surface area contributed by atoms with Gasteiger partial charge in [-0.05, 0) is 48.5 Å². The van der Waals surface area contributed by atoms with E-state index in [0.29, 0.717) is 0 Å². The number of hydrogen-bond donors (Lipinski definition) is 17. The van der Waals surface area contributed by atoms with E-state index in [4.69, 9.17) is 4.74 Å². The Hall–Kier alpha value is -7.08. The van der Waals surface area contributed by atoms with E-state index in [-0.39, 0.29) is 48.5 Å². The van der Waals surface area contributed by atoms with Gasteiger partial charge in [-0.3, -0.25) is 19.2 Å². The molecular weight excluding hydrogens is 760 g/mol. The Kier molecular flexibility index (Phi) is 9.35. The van der Waals surface area contributed by atoms with Gasteiger partial charge >= 0.3 is 0 Å². The third-order valence-electron chi connectivity index (χ3n) is 9.15. The Morgan fingerprint density at radius 3 is 0.964 bits per heavy atom. The zero-order valence-electron chi connectivity index (χ0n) is 27.5. The molecule has 1 aliphatic heterocycles. The molecule has 0 bridgehead atoms. The average molecular weight is 789 g/mol. The number of aromatic hydroxyl groups is 12. The molecular formula is C34H28O22. The van der Waals surface area contributed by atoms with Gasteiger partial charge in [-0.1, -0.05) is 0 Å². The van der Waals surface area contributed by atoms with Crippen molar-refractivity contribution >= 4 is 23.1 Å². The molecule has 0 spiro atoms. The van der Waals surface area contributed by atoms with E-state index in [9.17, 15) is 106 Å². The van der Waals surface area contributed by atoms with E-state index in [1.165, 1.54) is 0 Å². The maximum Gasteiger partial charge on any atom is 0.273 e. The SMILES string of the molecule is O=C(c1cc(O)c(O)c(O)c1)C1(O)OC(CO)C(O)(C(=O)c2cc(O)c(O)c(O)c2)C(O)(C(=O)c2cc(O)c(O)c(O)c2)C1(O)C(=O)c1cc(O)c(O)c(O)c1. The summed E-state index contributed by atoms with van der Waals surface area (Å²) in [5, 5.41) is 182. The highest BCUT2D eigenvalue weighted by molar-refractivity contribution is 6.22. The highest BCUT2D eigenvalue weighted by atomic mass is 16.7. The summed E-state index contributed by atoms with van der Waals surface area (Å²) in [6.07, 6.45) is -3.19. The number of aliphatic hydroxyl groups is 5. The Bertz CT molecular complexity index is 2280. The molecule has 0 aromatic heterocycles. The van der Waals surface area contributed by atoms with Crippen LogP contribution in [0, 0.1) is 0 Å². The van der Waals surface area contributed by atoms with Crippen molar-refractivity contribution in [3.63, 3.8) is 0 Å². The van der Waals surface area contributed by atoms with E-state index < -0.39 is 150 Å². The standard InChI is InChI=1S/C34H28O22/c35-9-22-31(52,27(48)10-1-14(36)23(44)15(37)2-10)32(53,28(49)11-3-16(38)24(45)17(39)4-11)33(54,29(50)12-5-18(40)25(46)19(41)6-12)34(55,56-22)30(51)13-7-20(42)26(47)21(43)8-13/h1-8,22,35-47,52-55H,9H2. The second-order valence-corrected chi connectivity index (χ2v) is 12.4. The van der Waals surface area contributed by atoms with Crippen LogP contribution in [0.4, 0.5) is 0 Å². The van der Waals surface area contributed by atoms with Crippen LogP contribution in [0.15, 0.2) is 48.5 Å². The zero-order chi connectivity index (χ0) is 42.2. The number of phenols is 12. The van der Waals surface area contributed by atoms with Crippen LogP contribution in [-0.2, 0) is 4.74 Å². The Balaban J connectivity index is 2.01. The first-order valence-electron chi connectivity index (χ1n) is 15.2. The van der Waals surface area contributed by atoms with Gasteiger partial charge in [0.05, 0.1) is 6.61 Å². The van der Waals surface area contributed by atoms with Crippen molar-refractivity contribution in [2.45, 2.75) is 28.7 Å². The van der Waals surface area contributed by atoms with Crippen molar-refractivity contribution in [2.24, 2.45) is 0 Å². The van der Waals surface area contributed by atoms with Crippen LogP contribution in [0.3, 0.4) is 0 Å². The Morgan fingerprint density at radius 1 is 0.429 bits per heavy atom. The molecule has 4 aromatic rings. The van der Waals surface area contributed by atoms with Gasteiger partial charge in [-0.25, -0.2) is 0 Å². The average Bonchev–Trinajstić information content (AvgIpc) is 3.15. The lowest BCUT2D eigenvalue weighted by Gasteiger charge is -2.60. The molecule has 0 amide bonds. The molecule has 1 fully saturated rings. The lowest BCUT2D eigenvalue weighted by atomic mass is 9.55. The summed E-state index contributed by atoms with van der Waals surface area (Å²) in [5.74, 6) is -30.8. The number of phenolic OH excluding ortho intramolecular Hbond substituents is 12. The van der Waals surface area contributed by atoms with E-state index in [1.54, 1.807) is 0 Å². The van der Waals surface area contributed by atoms with Crippen LogP contribution in [0.5, 0.6) is 69.0 Å². The summed E-state index contributed by atoms with van der Waals surface area (Å²) < 4.78 is 5.17. The van der Waals surface area contributed by atoms with Crippen molar-refractivity contribution < 1.29 is 111 Å². The zero-order valence-corrected chi connectivity index (χ0v) is 27.5. The molecule has 1 heterocycles. The summed E-state index contributed by atoms with van der Waals surface area (Å²) in [6, 6.07) is 1.63. The molecule has 17 N–H and O–H groups in total. The number of Topliss-reactive ketones (excluding diaryl/α,β-unsaturated/α-hetero) is 4. The minimum atomic E-state index is -5.10. The largest absolute Gasteiger partial charge is 0.504 e. The molecule has 296 valence electrons. The topological polar surface area (TPSA) is 421 Å². The lowest BCUT2D eigenvalue weighted by Crippen LogP contribution is -2.91. The van der Waals surface area contributed by atoms with Crippen molar-refractivity contribution in [1.82, 2.24) is 0 Å². The van der Waals surface area contributed by atoms with Crippen LogP contribution in [0.25, 0.3) is 0 Å². The predicted molar refractivity (Wildman–Crippen MR) is 175 cm³/mol. The van der Waals surface area contributed by atoms with E-state index in [1.807, 2.05) is 0 Å². The normalized spacial score (nSPS) is 24.7. The number of rotatable bonds is 9. The van der Waals surface area contributed by atoms with Gasteiger partial charge in [-0.15, -0.1) is 0 Å². The molecule has 5 rings (SSSR count). The fourth-order valence-electron chi connectivity index (χ4n) is 6.26. The second kappa shape index (κ2) is 13.0. The molecule has 56 heavy (non-hydrogen) atoms. The van der Waals surface area contributed by atoms with Gasteiger partial charge in [0.15, 0.2) is 74.6 Å². The first-order chi connectivity index (χ1) is 25.8. The summed E-state index contributed by atoms with van der Waals surface area (Å²) in [6.45, 7) is -1.94. The van der Waals surface area contributed by atoms with Crippen LogP contribution in [-0.4, -0.2) is 145 Å². The van der Waals surface area contributed by atoms with Gasteiger partial charge in [0.1, 0.15) is 6.10 Å². The van der Waals surface area contributed by atoms with Gasteiger partial charge in [0.25, 0.3) is 5.79 Å². The summed E-state index contributed by atoms with van der Waals surface area (Å²) in [4.78, 5) is 58.2. The van der Waals surface area contributed by atoms with Crippen LogP contribution in [0.2, 0.25) is 0 Å².